The highest BCUT2D eigenvalue weighted by atomic mass is 16.5. The molecule has 1 saturated heterocycles. The summed E-state index contributed by atoms with van der Waals surface area (Å²) in [5.41, 5.74) is 0.714. The Hall–Kier alpha value is -3.09. The largest absolute Gasteiger partial charge is 0.467 e. The number of likely N-dealkylation sites (N-methyl/N-ethyl adjacent to an activating group) is 1. The second-order valence-corrected chi connectivity index (χ2v) is 6.57. The van der Waals surface area contributed by atoms with Gasteiger partial charge in [0, 0.05) is 25.7 Å². The van der Waals surface area contributed by atoms with Crippen molar-refractivity contribution in [1.29, 1.82) is 0 Å². The third-order valence-corrected chi connectivity index (χ3v) is 4.59. The zero-order valence-corrected chi connectivity index (χ0v) is 15.3. The Bertz CT molecular complexity index is 803. The summed E-state index contributed by atoms with van der Waals surface area (Å²) in [4.78, 5) is 40.0. The van der Waals surface area contributed by atoms with E-state index >= 15 is 0 Å². The van der Waals surface area contributed by atoms with E-state index in [4.69, 9.17) is 9.15 Å². The minimum Gasteiger partial charge on any atom is -0.467 e. The van der Waals surface area contributed by atoms with Crippen molar-refractivity contribution in [1.82, 2.24) is 4.90 Å². The minimum absolute atomic E-state index is 0.0784. The van der Waals surface area contributed by atoms with E-state index in [-0.39, 0.29) is 24.8 Å². The van der Waals surface area contributed by atoms with Gasteiger partial charge in [0.15, 0.2) is 6.10 Å². The summed E-state index contributed by atoms with van der Waals surface area (Å²) in [6.07, 6.45) is 0.685. The molecular weight excluding hydrogens is 348 g/mol. The number of rotatable bonds is 6. The van der Waals surface area contributed by atoms with E-state index in [9.17, 15) is 14.4 Å². The molecule has 1 aliphatic rings. The SMILES string of the molecule is CC(OC(=O)C1CC(=O)N(Cc2ccco2)C1)C(=O)N(C)c1ccccc1. The van der Waals surface area contributed by atoms with Crippen LogP contribution in [0.1, 0.15) is 19.1 Å². The van der Waals surface area contributed by atoms with Crippen molar-refractivity contribution in [3.05, 3.63) is 54.5 Å². The Morgan fingerprint density at radius 1 is 1.26 bits per heavy atom. The van der Waals surface area contributed by atoms with Crippen LogP contribution >= 0.6 is 0 Å². The summed E-state index contributed by atoms with van der Waals surface area (Å²) < 4.78 is 10.6. The van der Waals surface area contributed by atoms with Crippen molar-refractivity contribution >= 4 is 23.5 Å². The number of nitrogens with zero attached hydrogens (tertiary/aromatic N) is 2. The molecule has 0 saturated carbocycles. The lowest BCUT2D eigenvalue weighted by Gasteiger charge is -2.22. The maximum atomic E-state index is 12.5. The molecule has 2 aromatic rings. The molecule has 0 bridgehead atoms. The standard InChI is InChI=1S/C20H22N2O5/c1-14(19(24)21(2)16-7-4-3-5-8-16)27-20(25)15-11-18(23)22(12-15)13-17-9-6-10-26-17/h3-10,14-15H,11-13H2,1-2H3. The van der Waals surface area contributed by atoms with Crippen LogP contribution in [0.3, 0.4) is 0 Å². The number of hydrogen-bond acceptors (Lipinski definition) is 5. The van der Waals surface area contributed by atoms with Crippen LogP contribution in [0, 0.1) is 5.92 Å². The van der Waals surface area contributed by atoms with E-state index in [0.717, 1.165) is 0 Å². The van der Waals surface area contributed by atoms with Gasteiger partial charge in [-0.05, 0) is 31.2 Å². The fourth-order valence-corrected chi connectivity index (χ4v) is 3.05. The van der Waals surface area contributed by atoms with Crippen molar-refractivity contribution in [2.24, 2.45) is 5.92 Å². The van der Waals surface area contributed by atoms with E-state index < -0.39 is 18.0 Å². The highest BCUT2D eigenvalue weighted by Crippen LogP contribution is 2.22. The topological polar surface area (TPSA) is 80.1 Å². The molecule has 2 heterocycles. The quantitative estimate of drug-likeness (QED) is 0.729. The maximum Gasteiger partial charge on any atom is 0.312 e. The van der Waals surface area contributed by atoms with Gasteiger partial charge >= 0.3 is 5.97 Å². The van der Waals surface area contributed by atoms with Gasteiger partial charge in [0.2, 0.25) is 5.91 Å². The van der Waals surface area contributed by atoms with Gasteiger partial charge in [-0.1, -0.05) is 18.2 Å². The van der Waals surface area contributed by atoms with Crippen molar-refractivity contribution in [3.8, 4) is 0 Å². The summed E-state index contributed by atoms with van der Waals surface area (Å²) in [6, 6.07) is 12.6. The van der Waals surface area contributed by atoms with Gasteiger partial charge < -0.3 is 19.0 Å². The fraction of sp³-hybridized carbons (Fsp3) is 0.350. The van der Waals surface area contributed by atoms with Crippen molar-refractivity contribution < 1.29 is 23.5 Å². The lowest BCUT2D eigenvalue weighted by atomic mass is 10.1. The molecule has 0 radical (unpaired) electrons. The molecule has 0 aliphatic carbocycles. The number of benzene rings is 1. The fourth-order valence-electron chi connectivity index (χ4n) is 3.05. The number of anilines is 1. The van der Waals surface area contributed by atoms with Crippen molar-refractivity contribution in [2.75, 3.05) is 18.5 Å². The Morgan fingerprint density at radius 2 is 2.00 bits per heavy atom. The van der Waals surface area contributed by atoms with E-state index in [1.165, 1.54) is 18.1 Å². The Kier molecular flexibility index (Phi) is 5.59. The monoisotopic (exact) mass is 370 g/mol. The molecule has 2 unspecified atom stereocenters. The Balaban J connectivity index is 1.55. The molecule has 1 aliphatic heterocycles. The molecule has 27 heavy (non-hydrogen) atoms. The average Bonchev–Trinajstić information content (AvgIpc) is 3.31. The summed E-state index contributed by atoms with van der Waals surface area (Å²) in [5.74, 6) is -0.914. The molecule has 2 atom stereocenters. The number of hydrogen-bond donors (Lipinski definition) is 0. The lowest BCUT2D eigenvalue weighted by Crippen LogP contribution is -2.38. The number of para-hydroxylation sites is 1. The van der Waals surface area contributed by atoms with Crippen LogP contribution in [-0.2, 0) is 25.7 Å². The van der Waals surface area contributed by atoms with Crippen LogP contribution in [0.25, 0.3) is 0 Å². The third-order valence-electron chi connectivity index (χ3n) is 4.59. The highest BCUT2D eigenvalue weighted by Gasteiger charge is 2.37. The van der Waals surface area contributed by atoms with Gasteiger partial charge in [0.1, 0.15) is 5.76 Å². The van der Waals surface area contributed by atoms with Crippen LogP contribution < -0.4 is 4.90 Å². The van der Waals surface area contributed by atoms with Crippen LogP contribution in [0.15, 0.2) is 53.1 Å². The summed E-state index contributed by atoms with van der Waals surface area (Å²) in [5, 5.41) is 0. The normalized spacial score (nSPS) is 17.6. The predicted octanol–water partition coefficient (Wildman–Crippen LogP) is 2.22. The van der Waals surface area contributed by atoms with E-state index in [1.54, 1.807) is 36.2 Å². The summed E-state index contributed by atoms with van der Waals surface area (Å²) in [6.45, 7) is 2.12. The van der Waals surface area contributed by atoms with Gasteiger partial charge in [-0.2, -0.15) is 0 Å². The van der Waals surface area contributed by atoms with Crippen molar-refractivity contribution in [3.63, 3.8) is 0 Å². The zero-order valence-electron chi connectivity index (χ0n) is 15.3. The number of furan rings is 1. The second kappa shape index (κ2) is 8.07. The van der Waals surface area contributed by atoms with Gasteiger partial charge in [-0.25, -0.2) is 0 Å². The molecule has 1 aromatic heterocycles. The third kappa shape index (κ3) is 4.36. The summed E-state index contributed by atoms with van der Waals surface area (Å²) in [7, 11) is 1.63. The van der Waals surface area contributed by atoms with Crippen molar-refractivity contribution in [2.45, 2.75) is 26.0 Å². The number of carbonyl (C=O) groups is 3. The molecule has 0 N–H and O–H groups in total. The molecule has 142 valence electrons. The lowest BCUT2D eigenvalue weighted by molar-refractivity contribution is -0.157. The zero-order chi connectivity index (χ0) is 19.4. The molecule has 1 fully saturated rings. The van der Waals surface area contributed by atoms with Gasteiger partial charge in [0.25, 0.3) is 5.91 Å². The van der Waals surface area contributed by atoms with Crippen LogP contribution in [0.2, 0.25) is 0 Å². The van der Waals surface area contributed by atoms with Crippen LogP contribution in [0.5, 0.6) is 0 Å². The average molecular weight is 370 g/mol. The number of ether oxygens (including phenoxy) is 1. The molecular formula is C20H22N2O5. The van der Waals surface area contributed by atoms with Gasteiger partial charge in [-0.15, -0.1) is 0 Å². The molecule has 3 rings (SSSR count). The van der Waals surface area contributed by atoms with Gasteiger partial charge in [0.05, 0.1) is 18.7 Å². The number of carbonyl (C=O) groups excluding carboxylic acids is 3. The smallest absolute Gasteiger partial charge is 0.312 e. The van der Waals surface area contributed by atoms with E-state index in [0.29, 0.717) is 18.0 Å². The first kappa shape index (κ1) is 18.7. The Morgan fingerprint density at radius 3 is 2.67 bits per heavy atom. The first-order chi connectivity index (χ1) is 13.0. The van der Waals surface area contributed by atoms with Gasteiger partial charge in [-0.3, -0.25) is 14.4 Å². The second-order valence-electron chi connectivity index (χ2n) is 6.57. The van der Waals surface area contributed by atoms with Crippen LogP contribution in [-0.4, -0.2) is 42.4 Å². The maximum absolute atomic E-state index is 12.5. The predicted molar refractivity (Wildman–Crippen MR) is 97.6 cm³/mol. The highest BCUT2D eigenvalue weighted by molar-refractivity contribution is 5.97. The molecule has 7 nitrogen and oxygen atoms in total. The number of likely N-dealkylation sites (tertiary alicyclic amines) is 1. The molecule has 2 amide bonds. The Labute approximate surface area is 157 Å². The minimum atomic E-state index is -0.933. The molecule has 7 heteroatoms. The summed E-state index contributed by atoms with van der Waals surface area (Å²) >= 11 is 0. The number of esters is 1. The van der Waals surface area contributed by atoms with E-state index in [1.807, 2.05) is 18.2 Å². The molecule has 1 aromatic carbocycles. The first-order valence-electron chi connectivity index (χ1n) is 8.79. The van der Waals surface area contributed by atoms with Crippen LogP contribution in [0.4, 0.5) is 5.69 Å². The molecule has 0 spiro atoms. The first-order valence-corrected chi connectivity index (χ1v) is 8.79. The van der Waals surface area contributed by atoms with E-state index in [2.05, 4.69) is 0 Å². The number of amides is 2.